The minimum Gasteiger partial charge on any atom is -0.544 e. The maximum absolute atomic E-state index is 12.6. The van der Waals surface area contributed by atoms with Gasteiger partial charge in [0.1, 0.15) is 12.6 Å². The van der Waals surface area contributed by atoms with Crippen LogP contribution in [-0.2, 0) is 28.6 Å². The summed E-state index contributed by atoms with van der Waals surface area (Å²) in [5.41, 5.74) is 0. The van der Waals surface area contributed by atoms with Crippen LogP contribution in [-0.4, -0.2) is 75.5 Å². The number of unbranched alkanes of at least 4 members (excludes halogenated alkanes) is 19. The maximum Gasteiger partial charge on any atom is 0.306 e. The highest BCUT2D eigenvalue weighted by Crippen LogP contribution is 2.15. The number of hydrogen-bond acceptors (Lipinski definition) is 7. The second-order valence-electron chi connectivity index (χ2n) is 15.9. The van der Waals surface area contributed by atoms with Crippen LogP contribution in [0.5, 0.6) is 0 Å². The molecule has 0 radical (unpaired) electrons. The standard InChI is InChI=1S/C46H83NO7/c1-6-8-10-12-14-16-18-19-20-21-22-23-24-25-27-28-30-32-34-36-44(48)53-41-42(40-52-39-38-43(46(50)51)47(3,4)5)54-45(49)37-35-33-31-29-26-17-15-13-11-9-7-2/h9,11,15,17,29,31,42-43H,6-8,10,12-14,16,18-28,30,32-41H2,1-5H3/b11-9+,17-15+,31-29+. The van der Waals surface area contributed by atoms with Crippen molar-refractivity contribution in [2.45, 2.75) is 199 Å². The molecular weight excluding hydrogens is 679 g/mol. The second kappa shape index (κ2) is 37.5. The first-order chi connectivity index (χ1) is 26.1. The molecule has 8 heteroatoms. The molecule has 0 N–H and O–H groups in total. The first-order valence-electron chi connectivity index (χ1n) is 22.0. The van der Waals surface area contributed by atoms with Crippen molar-refractivity contribution in [3.05, 3.63) is 36.5 Å². The number of hydrogen-bond donors (Lipinski definition) is 0. The normalized spacial score (nSPS) is 13.3. The van der Waals surface area contributed by atoms with Crippen LogP contribution in [0.3, 0.4) is 0 Å². The third-order valence-corrected chi connectivity index (χ3v) is 9.79. The summed E-state index contributed by atoms with van der Waals surface area (Å²) in [6, 6.07) is -0.732. The van der Waals surface area contributed by atoms with Crippen LogP contribution >= 0.6 is 0 Å². The number of aliphatic carboxylic acids is 1. The summed E-state index contributed by atoms with van der Waals surface area (Å²) in [6.45, 7) is 4.50. The molecule has 0 spiro atoms. The van der Waals surface area contributed by atoms with Crippen molar-refractivity contribution in [2.24, 2.45) is 0 Å². The fourth-order valence-corrected chi connectivity index (χ4v) is 6.39. The van der Waals surface area contributed by atoms with Gasteiger partial charge in [0.25, 0.3) is 0 Å². The quantitative estimate of drug-likeness (QED) is 0.0266. The van der Waals surface area contributed by atoms with Gasteiger partial charge in [-0.25, -0.2) is 0 Å². The van der Waals surface area contributed by atoms with E-state index in [1.165, 1.54) is 103 Å². The minimum absolute atomic E-state index is 0.0227. The Kier molecular flexibility index (Phi) is 35.8. The molecule has 0 aromatic heterocycles. The summed E-state index contributed by atoms with van der Waals surface area (Å²) in [5.74, 6) is -1.80. The van der Waals surface area contributed by atoms with Crippen LogP contribution < -0.4 is 5.11 Å². The largest absolute Gasteiger partial charge is 0.544 e. The van der Waals surface area contributed by atoms with Crippen LogP contribution in [0.25, 0.3) is 0 Å². The molecule has 0 heterocycles. The zero-order valence-corrected chi connectivity index (χ0v) is 35.6. The number of carbonyl (C=O) groups excluding carboxylic acids is 3. The van der Waals surface area contributed by atoms with E-state index >= 15 is 0 Å². The SMILES string of the molecule is CC/C=C/C/C=C/C/C=C/CCCC(=O)OC(COCCC(C(=O)[O-])[N+](C)(C)C)COC(=O)CCCCCCCCCCCCCCCCCCCCC. The molecule has 8 nitrogen and oxygen atoms in total. The van der Waals surface area contributed by atoms with Gasteiger partial charge in [0.05, 0.1) is 40.3 Å². The third kappa shape index (κ3) is 35.3. The van der Waals surface area contributed by atoms with Gasteiger partial charge in [0.2, 0.25) is 0 Å². The van der Waals surface area contributed by atoms with Gasteiger partial charge in [-0.15, -0.1) is 0 Å². The summed E-state index contributed by atoms with van der Waals surface area (Å²) < 4.78 is 17.1. The second-order valence-corrected chi connectivity index (χ2v) is 15.9. The molecule has 314 valence electrons. The molecule has 0 rings (SSSR count). The smallest absolute Gasteiger partial charge is 0.306 e. The Balaban J connectivity index is 4.28. The number of rotatable bonds is 39. The molecule has 0 aliphatic heterocycles. The lowest BCUT2D eigenvalue weighted by Gasteiger charge is -2.34. The molecule has 0 aliphatic carbocycles. The Bertz CT molecular complexity index is 984. The lowest BCUT2D eigenvalue weighted by atomic mass is 10.0. The summed E-state index contributed by atoms with van der Waals surface area (Å²) in [7, 11) is 5.39. The highest BCUT2D eigenvalue weighted by Gasteiger charge is 2.25. The van der Waals surface area contributed by atoms with Crippen molar-refractivity contribution >= 4 is 17.9 Å². The molecule has 0 aromatic carbocycles. The average molecular weight is 762 g/mol. The number of carboxylic acid groups (broad SMARTS) is 1. The van der Waals surface area contributed by atoms with Crippen molar-refractivity contribution in [3.8, 4) is 0 Å². The molecule has 0 aliphatic rings. The van der Waals surface area contributed by atoms with Crippen LogP contribution in [0.2, 0.25) is 0 Å². The van der Waals surface area contributed by atoms with Crippen LogP contribution in [0, 0.1) is 0 Å². The van der Waals surface area contributed by atoms with E-state index in [1.807, 2.05) is 0 Å². The minimum atomic E-state index is -1.13. The van der Waals surface area contributed by atoms with Crippen molar-refractivity contribution in [1.29, 1.82) is 0 Å². The molecule has 54 heavy (non-hydrogen) atoms. The number of likely N-dealkylation sites (N-methyl/N-ethyl adjacent to an activating group) is 1. The van der Waals surface area contributed by atoms with Gasteiger partial charge in [0.15, 0.2) is 6.10 Å². The fourth-order valence-electron chi connectivity index (χ4n) is 6.39. The number of carboxylic acids is 1. The van der Waals surface area contributed by atoms with Gasteiger partial charge in [0, 0.05) is 19.3 Å². The van der Waals surface area contributed by atoms with Gasteiger partial charge in [-0.1, -0.05) is 166 Å². The highest BCUT2D eigenvalue weighted by atomic mass is 16.6. The van der Waals surface area contributed by atoms with E-state index in [9.17, 15) is 19.5 Å². The van der Waals surface area contributed by atoms with Crippen molar-refractivity contribution in [3.63, 3.8) is 0 Å². The molecule has 0 amide bonds. The first-order valence-corrected chi connectivity index (χ1v) is 22.0. The van der Waals surface area contributed by atoms with Crippen LogP contribution in [0.1, 0.15) is 187 Å². The van der Waals surface area contributed by atoms with Gasteiger partial charge in [-0.3, -0.25) is 9.59 Å². The molecule has 0 aromatic rings. The Labute approximate surface area is 332 Å². The van der Waals surface area contributed by atoms with E-state index < -0.39 is 18.1 Å². The molecule has 2 unspecified atom stereocenters. The number of quaternary nitrogens is 1. The van der Waals surface area contributed by atoms with Gasteiger partial charge in [-0.2, -0.15) is 0 Å². The number of nitrogens with zero attached hydrogens (tertiary/aromatic N) is 1. The van der Waals surface area contributed by atoms with Crippen LogP contribution in [0.15, 0.2) is 36.5 Å². The predicted molar refractivity (Wildman–Crippen MR) is 222 cm³/mol. The zero-order chi connectivity index (χ0) is 40.0. The van der Waals surface area contributed by atoms with Gasteiger partial charge >= 0.3 is 11.9 Å². The maximum atomic E-state index is 12.6. The summed E-state index contributed by atoms with van der Waals surface area (Å²) in [4.78, 5) is 36.7. The molecule has 2 atom stereocenters. The molecule has 0 saturated heterocycles. The Morgan fingerprint density at radius 2 is 1.04 bits per heavy atom. The van der Waals surface area contributed by atoms with Crippen molar-refractivity contribution < 1.29 is 38.2 Å². The fraction of sp³-hybridized carbons (Fsp3) is 0.804. The summed E-state index contributed by atoms with van der Waals surface area (Å²) in [5, 5.41) is 11.6. The lowest BCUT2D eigenvalue weighted by Crippen LogP contribution is -2.55. The highest BCUT2D eigenvalue weighted by molar-refractivity contribution is 5.70. The van der Waals surface area contributed by atoms with Gasteiger partial charge < -0.3 is 28.6 Å². The van der Waals surface area contributed by atoms with Crippen LogP contribution in [0.4, 0.5) is 0 Å². The molecule has 0 fully saturated rings. The third-order valence-electron chi connectivity index (χ3n) is 9.79. The lowest BCUT2D eigenvalue weighted by molar-refractivity contribution is -0.889. The van der Waals surface area contributed by atoms with Crippen molar-refractivity contribution in [2.75, 3.05) is 41.0 Å². The summed E-state index contributed by atoms with van der Waals surface area (Å²) in [6.07, 6.45) is 41.9. The van der Waals surface area contributed by atoms with E-state index in [1.54, 1.807) is 21.1 Å². The van der Waals surface area contributed by atoms with Gasteiger partial charge in [-0.05, 0) is 38.5 Å². The Hall–Kier alpha value is -2.45. The first kappa shape index (κ1) is 51.5. The topological polar surface area (TPSA) is 102 Å². The number of carbonyl (C=O) groups is 3. The van der Waals surface area contributed by atoms with E-state index in [4.69, 9.17) is 14.2 Å². The van der Waals surface area contributed by atoms with E-state index in [-0.39, 0.29) is 49.1 Å². The number of esters is 2. The molecule has 0 saturated carbocycles. The molecule has 0 bridgehead atoms. The number of allylic oxidation sites excluding steroid dienone is 6. The monoisotopic (exact) mass is 762 g/mol. The summed E-state index contributed by atoms with van der Waals surface area (Å²) >= 11 is 0. The molecular formula is C46H83NO7. The Morgan fingerprint density at radius 3 is 1.52 bits per heavy atom. The van der Waals surface area contributed by atoms with Crippen molar-refractivity contribution in [1.82, 2.24) is 0 Å². The predicted octanol–water partition coefficient (Wildman–Crippen LogP) is 10.5. The van der Waals surface area contributed by atoms with E-state index in [2.05, 4.69) is 50.3 Å². The van der Waals surface area contributed by atoms with E-state index in [0.29, 0.717) is 12.8 Å². The average Bonchev–Trinajstić information content (AvgIpc) is 3.12. The van der Waals surface area contributed by atoms with E-state index in [0.717, 1.165) is 44.9 Å². The number of ether oxygens (including phenoxy) is 3. The Morgan fingerprint density at radius 1 is 0.574 bits per heavy atom. The zero-order valence-electron chi connectivity index (χ0n) is 35.6.